The highest BCUT2D eigenvalue weighted by molar-refractivity contribution is 5.95. The zero-order valence-electron chi connectivity index (χ0n) is 12.3. The smallest absolute Gasteiger partial charge is 0.341 e. The van der Waals surface area contributed by atoms with E-state index >= 15 is 0 Å². The molecule has 0 aliphatic heterocycles. The molecule has 0 atom stereocenters. The normalized spacial score (nSPS) is 10.1. The Morgan fingerprint density at radius 1 is 1.13 bits per heavy atom. The maximum Gasteiger partial charge on any atom is 0.341 e. The summed E-state index contributed by atoms with van der Waals surface area (Å²) in [4.78, 5) is 45.9. The highest BCUT2D eigenvalue weighted by atomic mass is 16.4. The predicted molar refractivity (Wildman–Crippen MR) is 82.7 cm³/mol. The monoisotopic (exact) mass is 314 g/mol. The van der Waals surface area contributed by atoms with Crippen LogP contribution >= 0.6 is 0 Å². The molecule has 0 aliphatic rings. The Balaban J connectivity index is 2.11. The van der Waals surface area contributed by atoms with Crippen molar-refractivity contribution in [2.45, 2.75) is 13.5 Å². The Labute approximate surface area is 131 Å². The SMILES string of the molecule is CC(=O)c1ccc(NC(=O)Cn2cccc(C(=O)O)c2=O)cc1. The fourth-order valence-electron chi connectivity index (χ4n) is 1.97. The molecule has 0 spiro atoms. The van der Waals surface area contributed by atoms with Gasteiger partial charge in [-0.2, -0.15) is 0 Å². The number of hydrogen-bond acceptors (Lipinski definition) is 4. The second-order valence-corrected chi connectivity index (χ2v) is 4.84. The average molecular weight is 314 g/mol. The largest absolute Gasteiger partial charge is 0.477 e. The molecule has 0 bridgehead atoms. The lowest BCUT2D eigenvalue weighted by Crippen LogP contribution is -2.30. The first-order chi connectivity index (χ1) is 10.9. The molecule has 1 aromatic carbocycles. The topological polar surface area (TPSA) is 105 Å². The number of ketones is 1. The minimum Gasteiger partial charge on any atom is -0.477 e. The van der Waals surface area contributed by atoms with E-state index in [9.17, 15) is 19.2 Å². The van der Waals surface area contributed by atoms with E-state index in [1.54, 1.807) is 24.3 Å². The van der Waals surface area contributed by atoms with Crippen LogP contribution < -0.4 is 10.9 Å². The van der Waals surface area contributed by atoms with Crippen LogP contribution in [0.2, 0.25) is 0 Å². The molecule has 0 unspecified atom stereocenters. The summed E-state index contributed by atoms with van der Waals surface area (Å²) in [6.45, 7) is 1.13. The molecule has 118 valence electrons. The number of carbonyl (C=O) groups is 3. The van der Waals surface area contributed by atoms with E-state index in [2.05, 4.69) is 5.32 Å². The number of amides is 1. The van der Waals surface area contributed by atoms with Crippen LogP contribution in [0.3, 0.4) is 0 Å². The molecule has 1 heterocycles. The number of carbonyl (C=O) groups excluding carboxylic acids is 2. The van der Waals surface area contributed by atoms with Gasteiger partial charge in [0.2, 0.25) is 5.91 Å². The minimum absolute atomic E-state index is 0.0834. The van der Waals surface area contributed by atoms with E-state index < -0.39 is 23.0 Å². The summed E-state index contributed by atoms with van der Waals surface area (Å²) >= 11 is 0. The van der Waals surface area contributed by atoms with Crippen molar-refractivity contribution in [3.63, 3.8) is 0 Å². The van der Waals surface area contributed by atoms with E-state index in [1.807, 2.05) is 0 Å². The molecule has 0 radical (unpaired) electrons. The molecular weight excluding hydrogens is 300 g/mol. The van der Waals surface area contributed by atoms with Crippen molar-refractivity contribution < 1.29 is 19.5 Å². The highest BCUT2D eigenvalue weighted by Gasteiger charge is 2.12. The van der Waals surface area contributed by atoms with Gasteiger partial charge in [0.1, 0.15) is 12.1 Å². The van der Waals surface area contributed by atoms with E-state index in [1.165, 1.54) is 25.3 Å². The van der Waals surface area contributed by atoms with Gasteiger partial charge in [-0.05, 0) is 43.3 Å². The number of carboxylic acids is 1. The Bertz CT molecular complexity index is 821. The average Bonchev–Trinajstić information content (AvgIpc) is 2.49. The Morgan fingerprint density at radius 3 is 2.35 bits per heavy atom. The summed E-state index contributed by atoms with van der Waals surface area (Å²) in [5, 5.41) is 11.5. The number of nitrogens with zero attached hydrogens (tertiary/aromatic N) is 1. The van der Waals surface area contributed by atoms with Gasteiger partial charge >= 0.3 is 5.97 Å². The molecular formula is C16H14N2O5. The van der Waals surface area contributed by atoms with Gasteiger partial charge in [0.25, 0.3) is 5.56 Å². The van der Waals surface area contributed by atoms with E-state index in [4.69, 9.17) is 5.11 Å². The maximum atomic E-state index is 11.9. The van der Waals surface area contributed by atoms with Crippen LogP contribution in [0.1, 0.15) is 27.6 Å². The Hall–Kier alpha value is -3.22. The van der Waals surface area contributed by atoms with Crippen LogP contribution in [0.4, 0.5) is 5.69 Å². The highest BCUT2D eigenvalue weighted by Crippen LogP contribution is 2.10. The summed E-state index contributed by atoms with van der Waals surface area (Å²) in [5.74, 6) is -1.91. The summed E-state index contributed by atoms with van der Waals surface area (Å²) in [6.07, 6.45) is 1.34. The van der Waals surface area contributed by atoms with E-state index in [0.29, 0.717) is 11.3 Å². The fourth-order valence-corrected chi connectivity index (χ4v) is 1.97. The number of pyridine rings is 1. The van der Waals surface area contributed by atoms with Gasteiger partial charge in [0.05, 0.1) is 0 Å². The van der Waals surface area contributed by atoms with Crippen molar-refractivity contribution in [1.82, 2.24) is 4.57 Å². The van der Waals surface area contributed by atoms with E-state index in [-0.39, 0.29) is 12.3 Å². The molecule has 0 saturated carbocycles. The molecule has 1 aromatic heterocycles. The molecule has 7 heteroatoms. The summed E-state index contributed by atoms with van der Waals surface area (Å²) in [7, 11) is 0. The summed E-state index contributed by atoms with van der Waals surface area (Å²) < 4.78 is 1.02. The van der Waals surface area contributed by atoms with E-state index in [0.717, 1.165) is 4.57 Å². The minimum atomic E-state index is -1.34. The van der Waals surface area contributed by atoms with Gasteiger partial charge < -0.3 is 15.0 Å². The first-order valence-corrected chi connectivity index (χ1v) is 6.72. The third kappa shape index (κ3) is 3.91. The van der Waals surface area contributed by atoms with Gasteiger partial charge in [0.15, 0.2) is 5.78 Å². The Morgan fingerprint density at radius 2 is 1.78 bits per heavy atom. The van der Waals surface area contributed by atoms with Gasteiger partial charge in [-0.3, -0.25) is 14.4 Å². The lowest BCUT2D eigenvalue weighted by atomic mass is 10.1. The molecule has 23 heavy (non-hydrogen) atoms. The lowest BCUT2D eigenvalue weighted by molar-refractivity contribution is -0.116. The number of anilines is 1. The van der Waals surface area contributed by atoms with Crippen molar-refractivity contribution in [2.75, 3.05) is 5.32 Å². The van der Waals surface area contributed by atoms with Crippen molar-refractivity contribution >= 4 is 23.3 Å². The van der Waals surface area contributed by atoms with Gasteiger partial charge in [-0.25, -0.2) is 4.79 Å². The van der Waals surface area contributed by atoms with Gasteiger partial charge in [0, 0.05) is 17.4 Å². The molecule has 0 aliphatic carbocycles. The molecule has 2 N–H and O–H groups in total. The predicted octanol–water partition coefficient (Wildman–Crippen LogP) is 1.39. The number of Topliss-reactive ketones (excluding diaryl/α,β-unsaturated/α-hetero) is 1. The van der Waals surface area contributed by atoms with Crippen molar-refractivity contribution in [3.05, 3.63) is 64.1 Å². The second-order valence-electron chi connectivity index (χ2n) is 4.84. The summed E-state index contributed by atoms with van der Waals surface area (Å²) in [6, 6.07) is 8.87. The first-order valence-electron chi connectivity index (χ1n) is 6.72. The third-order valence-corrected chi connectivity index (χ3v) is 3.14. The fraction of sp³-hybridized carbons (Fsp3) is 0.125. The molecule has 0 saturated heterocycles. The number of hydrogen-bond donors (Lipinski definition) is 2. The van der Waals surface area contributed by atoms with Gasteiger partial charge in [-0.15, -0.1) is 0 Å². The van der Waals surface area contributed by atoms with Crippen LogP contribution in [-0.2, 0) is 11.3 Å². The Kier molecular flexibility index (Phi) is 4.70. The zero-order valence-corrected chi connectivity index (χ0v) is 12.3. The molecule has 0 fully saturated rings. The van der Waals surface area contributed by atoms with Crippen LogP contribution in [0.25, 0.3) is 0 Å². The number of carboxylic acid groups (broad SMARTS) is 1. The number of aromatic carboxylic acids is 1. The van der Waals surface area contributed by atoms with Crippen LogP contribution in [0.5, 0.6) is 0 Å². The van der Waals surface area contributed by atoms with Crippen LogP contribution in [0, 0.1) is 0 Å². The van der Waals surface area contributed by atoms with Crippen molar-refractivity contribution in [2.24, 2.45) is 0 Å². The van der Waals surface area contributed by atoms with Crippen LogP contribution in [-0.4, -0.2) is 27.3 Å². The number of nitrogens with one attached hydrogen (secondary N) is 1. The third-order valence-electron chi connectivity index (χ3n) is 3.14. The number of rotatable bonds is 5. The molecule has 1 amide bonds. The number of aromatic nitrogens is 1. The first kappa shape index (κ1) is 16.2. The quantitative estimate of drug-likeness (QED) is 0.811. The number of benzene rings is 1. The molecule has 2 aromatic rings. The second kappa shape index (κ2) is 6.69. The molecule has 7 nitrogen and oxygen atoms in total. The maximum absolute atomic E-state index is 11.9. The van der Waals surface area contributed by atoms with Crippen LogP contribution in [0.15, 0.2) is 47.4 Å². The van der Waals surface area contributed by atoms with Crippen molar-refractivity contribution in [3.8, 4) is 0 Å². The van der Waals surface area contributed by atoms with Gasteiger partial charge in [-0.1, -0.05) is 0 Å². The lowest BCUT2D eigenvalue weighted by Gasteiger charge is -2.08. The summed E-state index contributed by atoms with van der Waals surface area (Å²) in [5.41, 5.74) is -0.149. The molecule has 2 rings (SSSR count). The standard InChI is InChI=1S/C16H14N2O5/c1-10(19)11-4-6-12(7-5-11)17-14(20)9-18-8-2-3-13(15(18)21)16(22)23/h2-8H,9H2,1H3,(H,17,20)(H,22,23). The van der Waals surface area contributed by atoms with Crippen molar-refractivity contribution in [1.29, 1.82) is 0 Å². The zero-order chi connectivity index (χ0) is 17.0.